The van der Waals surface area contributed by atoms with Crippen LogP contribution in [0.2, 0.25) is 0 Å². The monoisotopic (exact) mass is 363 g/mol. The summed E-state index contributed by atoms with van der Waals surface area (Å²) in [5, 5.41) is 12.7. The summed E-state index contributed by atoms with van der Waals surface area (Å²) in [6.07, 6.45) is 0. The third-order valence-corrected chi connectivity index (χ3v) is 4.13. The number of methoxy groups -OCH3 is 1. The number of nitrogens with one attached hydrogen (secondary N) is 3. The van der Waals surface area contributed by atoms with Crippen LogP contribution in [0.5, 0.6) is 5.75 Å². The topological polar surface area (TPSA) is 109 Å². The second kappa shape index (κ2) is 9.07. The summed E-state index contributed by atoms with van der Waals surface area (Å²) in [6, 6.07) is 6.83. The van der Waals surface area contributed by atoms with Crippen molar-refractivity contribution < 1.29 is 14.3 Å². The average Bonchev–Trinajstić information content (AvgIpc) is 3.09. The van der Waals surface area contributed by atoms with Gasteiger partial charge in [0.1, 0.15) is 11.8 Å². The molecule has 0 spiro atoms. The van der Waals surface area contributed by atoms with Gasteiger partial charge in [0, 0.05) is 12.1 Å². The van der Waals surface area contributed by atoms with E-state index in [0.29, 0.717) is 17.5 Å². The summed E-state index contributed by atoms with van der Waals surface area (Å²) >= 11 is 1.20. The van der Waals surface area contributed by atoms with E-state index in [-0.39, 0.29) is 17.6 Å². The number of hydrogen-bond acceptors (Lipinski definition) is 6. The smallest absolute Gasteiger partial charge is 0.242 e. The Labute approximate surface area is 150 Å². The fourth-order valence-electron chi connectivity index (χ4n) is 2.00. The minimum Gasteiger partial charge on any atom is -0.497 e. The quantitative estimate of drug-likeness (QED) is 0.608. The van der Waals surface area contributed by atoms with Gasteiger partial charge in [-0.15, -0.1) is 5.10 Å². The number of aromatic nitrogens is 3. The highest BCUT2D eigenvalue weighted by molar-refractivity contribution is 7.99. The van der Waals surface area contributed by atoms with Crippen molar-refractivity contribution in [3.63, 3.8) is 0 Å². The molecular formula is C16H21N5O3S. The van der Waals surface area contributed by atoms with Crippen LogP contribution in [-0.4, -0.2) is 52.4 Å². The van der Waals surface area contributed by atoms with Gasteiger partial charge in [0.15, 0.2) is 5.82 Å². The van der Waals surface area contributed by atoms with Gasteiger partial charge in [-0.1, -0.05) is 11.8 Å². The molecule has 0 unspecified atom stereocenters. The first kappa shape index (κ1) is 18.8. The van der Waals surface area contributed by atoms with Crippen molar-refractivity contribution in [1.82, 2.24) is 25.8 Å². The van der Waals surface area contributed by atoms with Gasteiger partial charge in [-0.05, 0) is 38.1 Å². The van der Waals surface area contributed by atoms with E-state index in [1.807, 2.05) is 31.2 Å². The predicted molar refractivity (Wildman–Crippen MR) is 95.4 cm³/mol. The van der Waals surface area contributed by atoms with Gasteiger partial charge in [-0.2, -0.15) is 0 Å². The molecule has 8 nitrogen and oxygen atoms in total. The lowest BCUT2D eigenvalue weighted by Crippen LogP contribution is -2.45. The van der Waals surface area contributed by atoms with Crippen LogP contribution in [0.1, 0.15) is 13.8 Å². The van der Waals surface area contributed by atoms with E-state index < -0.39 is 6.04 Å². The van der Waals surface area contributed by atoms with Crippen molar-refractivity contribution in [3.8, 4) is 17.1 Å². The number of hydrogen-bond donors (Lipinski definition) is 3. The van der Waals surface area contributed by atoms with Crippen LogP contribution in [0.3, 0.4) is 0 Å². The van der Waals surface area contributed by atoms with Crippen molar-refractivity contribution in [2.24, 2.45) is 0 Å². The number of nitrogens with zero attached hydrogens (tertiary/aromatic N) is 2. The Kier molecular flexibility index (Phi) is 6.81. The maximum Gasteiger partial charge on any atom is 0.242 e. The molecule has 0 radical (unpaired) electrons. The van der Waals surface area contributed by atoms with Crippen molar-refractivity contribution in [1.29, 1.82) is 0 Å². The molecular weight excluding hydrogens is 342 g/mol. The Morgan fingerprint density at radius 1 is 1.32 bits per heavy atom. The molecule has 2 aromatic rings. The Morgan fingerprint density at radius 3 is 2.68 bits per heavy atom. The average molecular weight is 363 g/mol. The van der Waals surface area contributed by atoms with Gasteiger partial charge in [-0.25, -0.2) is 4.98 Å². The molecule has 0 aliphatic heterocycles. The molecule has 2 amide bonds. The SMILES string of the molecule is CCNC(=O)[C@H](C)NC(=O)CSc1n[nH]c(-c2ccc(OC)cc2)n1. The molecule has 1 aromatic carbocycles. The first-order valence-electron chi connectivity index (χ1n) is 7.80. The number of rotatable bonds is 8. The summed E-state index contributed by atoms with van der Waals surface area (Å²) in [7, 11) is 1.61. The van der Waals surface area contributed by atoms with Gasteiger partial charge >= 0.3 is 0 Å². The molecule has 9 heteroatoms. The highest BCUT2D eigenvalue weighted by Crippen LogP contribution is 2.21. The van der Waals surface area contributed by atoms with Gasteiger partial charge in [0.05, 0.1) is 12.9 Å². The van der Waals surface area contributed by atoms with Crippen LogP contribution in [0.15, 0.2) is 29.4 Å². The highest BCUT2D eigenvalue weighted by atomic mass is 32.2. The van der Waals surface area contributed by atoms with Crippen LogP contribution >= 0.6 is 11.8 Å². The second-order valence-corrected chi connectivity index (χ2v) is 6.11. The molecule has 1 atom stereocenters. The molecule has 0 saturated heterocycles. The number of carbonyl (C=O) groups is 2. The fourth-order valence-corrected chi connectivity index (χ4v) is 2.60. The molecule has 134 valence electrons. The zero-order valence-electron chi connectivity index (χ0n) is 14.3. The zero-order valence-corrected chi connectivity index (χ0v) is 15.1. The number of thioether (sulfide) groups is 1. The van der Waals surface area contributed by atoms with Gasteiger partial charge in [-0.3, -0.25) is 14.7 Å². The number of carbonyl (C=O) groups excluding carboxylic acids is 2. The Morgan fingerprint density at radius 2 is 2.04 bits per heavy atom. The third kappa shape index (κ3) is 5.49. The summed E-state index contributed by atoms with van der Waals surface area (Å²) in [6.45, 7) is 3.99. The van der Waals surface area contributed by atoms with Crippen LogP contribution in [0.4, 0.5) is 0 Å². The van der Waals surface area contributed by atoms with E-state index >= 15 is 0 Å². The molecule has 3 N–H and O–H groups in total. The van der Waals surface area contributed by atoms with Gasteiger partial charge < -0.3 is 15.4 Å². The molecule has 0 bridgehead atoms. The van der Waals surface area contributed by atoms with E-state index in [2.05, 4.69) is 25.8 Å². The van der Waals surface area contributed by atoms with Crippen molar-refractivity contribution >= 4 is 23.6 Å². The van der Waals surface area contributed by atoms with E-state index in [9.17, 15) is 9.59 Å². The molecule has 1 aromatic heterocycles. The lowest BCUT2D eigenvalue weighted by atomic mass is 10.2. The number of amides is 2. The Hall–Kier alpha value is -2.55. The third-order valence-electron chi connectivity index (χ3n) is 3.28. The maximum absolute atomic E-state index is 11.9. The van der Waals surface area contributed by atoms with Crippen molar-refractivity contribution in [2.75, 3.05) is 19.4 Å². The summed E-state index contributed by atoms with van der Waals surface area (Å²) < 4.78 is 5.12. The lowest BCUT2D eigenvalue weighted by molar-refractivity contribution is -0.127. The molecule has 0 aliphatic rings. The largest absolute Gasteiger partial charge is 0.497 e. The summed E-state index contributed by atoms with van der Waals surface area (Å²) in [5.41, 5.74) is 0.870. The first-order valence-corrected chi connectivity index (χ1v) is 8.78. The molecule has 0 saturated carbocycles. The Balaban J connectivity index is 1.86. The van der Waals surface area contributed by atoms with Gasteiger partial charge in [0.25, 0.3) is 0 Å². The van der Waals surface area contributed by atoms with Crippen molar-refractivity contribution in [2.45, 2.75) is 25.0 Å². The van der Waals surface area contributed by atoms with E-state index in [0.717, 1.165) is 11.3 Å². The number of benzene rings is 1. The van der Waals surface area contributed by atoms with Gasteiger partial charge in [0.2, 0.25) is 17.0 Å². The molecule has 0 fully saturated rings. The Bertz CT molecular complexity index is 717. The minimum absolute atomic E-state index is 0.129. The number of likely N-dealkylation sites (N-methyl/N-ethyl adjacent to an activating group) is 1. The predicted octanol–water partition coefficient (Wildman–Crippen LogP) is 1.21. The van der Waals surface area contributed by atoms with Crippen LogP contribution in [-0.2, 0) is 9.59 Å². The van der Waals surface area contributed by atoms with E-state index in [1.165, 1.54) is 11.8 Å². The van der Waals surface area contributed by atoms with Crippen LogP contribution < -0.4 is 15.4 Å². The fraction of sp³-hybridized carbons (Fsp3) is 0.375. The number of ether oxygens (including phenoxy) is 1. The highest BCUT2D eigenvalue weighted by Gasteiger charge is 2.15. The molecule has 25 heavy (non-hydrogen) atoms. The number of H-pyrrole nitrogens is 1. The van der Waals surface area contributed by atoms with Crippen molar-refractivity contribution in [3.05, 3.63) is 24.3 Å². The zero-order chi connectivity index (χ0) is 18.2. The summed E-state index contributed by atoms with van der Waals surface area (Å²) in [4.78, 5) is 27.8. The first-order chi connectivity index (χ1) is 12.0. The molecule has 0 aliphatic carbocycles. The maximum atomic E-state index is 11.9. The molecule has 2 rings (SSSR count). The minimum atomic E-state index is -0.574. The molecule has 1 heterocycles. The normalized spacial score (nSPS) is 11.6. The van der Waals surface area contributed by atoms with Crippen LogP contribution in [0, 0.1) is 0 Å². The number of aromatic amines is 1. The van der Waals surface area contributed by atoms with E-state index in [1.54, 1.807) is 14.0 Å². The summed E-state index contributed by atoms with van der Waals surface area (Å²) in [5.74, 6) is 1.04. The standard InChI is InChI=1S/C16H21N5O3S/c1-4-17-15(23)10(2)18-13(22)9-25-16-19-14(20-21-16)11-5-7-12(24-3)8-6-11/h5-8,10H,4,9H2,1-3H3,(H,17,23)(H,18,22)(H,19,20,21)/t10-/m0/s1. The lowest BCUT2D eigenvalue weighted by Gasteiger charge is -2.12. The van der Waals surface area contributed by atoms with E-state index in [4.69, 9.17) is 4.74 Å². The second-order valence-electron chi connectivity index (χ2n) is 5.17. The van der Waals surface area contributed by atoms with Crippen LogP contribution in [0.25, 0.3) is 11.4 Å².